The van der Waals surface area contributed by atoms with Crippen LogP contribution < -0.4 is 10.6 Å². The van der Waals surface area contributed by atoms with Crippen molar-refractivity contribution in [3.8, 4) is 0 Å². The van der Waals surface area contributed by atoms with Crippen LogP contribution in [0.2, 0.25) is 0 Å². The first-order chi connectivity index (χ1) is 9.92. The summed E-state index contributed by atoms with van der Waals surface area (Å²) in [4.78, 5) is 4.51. The van der Waals surface area contributed by atoms with Gasteiger partial charge in [-0.3, -0.25) is 4.90 Å². The molecule has 0 amide bonds. The van der Waals surface area contributed by atoms with Crippen LogP contribution in [0.4, 0.5) is 10.1 Å². The first-order valence-corrected chi connectivity index (χ1v) is 7.93. The van der Waals surface area contributed by atoms with Gasteiger partial charge in [0.1, 0.15) is 5.82 Å². The van der Waals surface area contributed by atoms with E-state index in [1.807, 2.05) is 12.1 Å². The zero-order valence-electron chi connectivity index (χ0n) is 13.6. The molecule has 118 valence electrons. The second-order valence-corrected chi connectivity index (χ2v) is 6.43. The van der Waals surface area contributed by atoms with Crippen molar-refractivity contribution in [2.45, 2.75) is 51.7 Å². The SMILES string of the molecule is CCC(N)Cc1ccc(N2CC(C)N(C)C(C)C2)c(F)c1. The van der Waals surface area contributed by atoms with Gasteiger partial charge < -0.3 is 10.6 Å². The van der Waals surface area contributed by atoms with Gasteiger partial charge in [0.25, 0.3) is 0 Å². The van der Waals surface area contributed by atoms with E-state index in [1.165, 1.54) is 0 Å². The lowest BCUT2D eigenvalue weighted by molar-refractivity contribution is 0.169. The molecule has 0 radical (unpaired) electrons. The molecule has 0 spiro atoms. The van der Waals surface area contributed by atoms with E-state index in [0.29, 0.717) is 12.1 Å². The number of piperazine rings is 1. The predicted molar refractivity (Wildman–Crippen MR) is 87.3 cm³/mol. The van der Waals surface area contributed by atoms with Gasteiger partial charge in [-0.05, 0) is 51.4 Å². The van der Waals surface area contributed by atoms with Gasteiger partial charge in [-0.2, -0.15) is 0 Å². The molecule has 1 aliphatic rings. The minimum absolute atomic E-state index is 0.110. The summed E-state index contributed by atoms with van der Waals surface area (Å²) in [6, 6.07) is 6.55. The number of rotatable bonds is 4. The Hall–Kier alpha value is -1.13. The molecular formula is C17H28FN3. The summed E-state index contributed by atoms with van der Waals surface area (Å²) < 4.78 is 14.4. The molecule has 0 aliphatic carbocycles. The van der Waals surface area contributed by atoms with E-state index in [-0.39, 0.29) is 11.9 Å². The highest BCUT2D eigenvalue weighted by Crippen LogP contribution is 2.25. The molecule has 0 aromatic heterocycles. The summed E-state index contributed by atoms with van der Waals surface area (Å²) in [7, 11) is 2.14. The zero-order valence-corrected chi connectivity index (χ0v) is 13.6. The molecule has 1 aromatic carbocycles. The quantitative estimate of drug-likeness (QED) is 0.926. The monoisotopic (exact) mass is 293 g/mol. The van der Waals surface area contributed by atoms with Crippen molar-refractivity contribution in [3.05, 3.63) is 29.6 Å². The van der Waals surface area contributed by atoms with Crippen LogP contribution in [0.15, 0.2) is 18.2 Å². The highest BCUT2D eigenvalue weighted by atomic mass is 19.1. The molecule has 2 N–H and O–H groups in total. The average Bonchev–Trinajstić information content (AvgIpc) is 2.44. The standard InChI is InChI=1S/C17H28FN3/c1-5-15(19)8-14-6-7-17(16(18)9-14)21-10-12(2)20(4)13(3)11-21/h6-7,9,12-13,15H,5,8,10-11,19H2,1-4H3. The molecule has 1 heterocycles. The van der Waals surface area contributed by atoms with Crippen molar-refractivity contribution in [1.29, 1.82) is 0 Å². The van der Waals surface area contributed by atoms with E-state index < -0.39 is 0 Å². The summed E-state index contributed by atoms with van der Waals surface area (Å²) in [5.74, 6) is -0.125. The summed E-state index contributed by atoms with van der Waals surface area (Å²) in [5.41, 5.74) is 7.65. The number of hydrogen-bond acceptors (Lipinski definition) is 3. The molecule has 3 unspecified atom stereocenters. The normalized spacial score (nSPS) is 25.1. The lowest BCUT2D eigenvalue weighted by Crippen LogP contribution is -2.55. The Labute approximate surface area is 127 Å². The molecule has 21 heavy (non-hydrogen) atoms. The summed E-state index contributed by atoms with van der Waals surface area (Å²) >= 11 is 0. The maximum Gasteiger partial charge on any atom is 0.146 e. The largest absolute Gasteiger partial charge is 0.366 e. The third-order valence-electron chi connectivity index (χ3n) is 4.73. The number of nitrogens with two attached hydrogens (primary N) is 1. The average molecular weight is 293 g/mol. The molecule has 0 saturated carbocycles. The van der Waals surface area contributed by atoms with Gasteiger partial charge in [-0.25, -0.2) is 4.39 Å². The number of halogens is 1. The third kappa shape index (κ3) is 3.74. The lowest BCUT2D eigenvalue weighted by Gasteiger charge is -2.43. The number of hydrogen-bond donors (Lipinski definition) is 1. The predicted octanol–water partition coefficient (Wildman–Crippen LogP) is 2.63. The molecule has 4 heteroatoms. The molecule has 3 atom stereocenters. The fourth-order valence-corrected chi connectivity index (χ4v) is 2.98. The molecule has 2 rings (SSSR count). The van der Waals surface area contributed by atoms with Gasteiger partial charge in [-0.1, -0.05) is 13.0 Å². The van der Waals surface area contributed by atoms with Crippen molar-refractivity contribution in [1.82, 2.24) is 4.90 Å². The zero-order chi connectivity index (χ0) is 15.6. The third-order valence-corrected chi connectivity index (χ3v) is 4.73. The number of benzene rings is 1. The fourth-order valence-electron chi connectivity index (χ4n) is 2.98. The van der Waals surface area contributed by atoms with Gasteiger partial charge in [0.2, 0.25) is 0 Å². The van der Waals surface area contributed by atoms with Crippen LogP contribution in [0, 0.1) is 5.82 Å². The molecule has 0 bridgehead atoms. The Kier molecular flexibility index (Phi) is 5.22. The number of likely N-dealkylation sites (N-methyl/N-ethyl adjacent to an activating group) is 1. The highest BCUT2D eigenvalue weighted by molar-refractivity contribution is 5.50. The highest BCUT2D eigenvalue weighted by Gasteiger charge is 2.27. The second kappa shape index (κ2) is 6.75. The van der Waals surface area contributed by atoms with Crippen molar-refractivity contribution >= 4 is 5.69 Å². The van der Waals surface area contributed by atoms with Crippen LogP contribution >= 0.6 is 0 Å². The molecule has 1 aromatic rings. The van der Waals surface area contributed by atoms with E-state index >= 15 is 0 Å². The maximum absolute atomic E-state index is 14.4. The van der Waals surface area contributed by atoms with Crippen LogP contribution in [-0.2, 0) is 6.42 Å². The minimum atomic E-state index is -0.125. The van der Waals surface area contributed by atoms with Gasteiger partial charge >= 0.3 is 0 Å². The van der Waals surface area contributed by atoms with Crippen LogP contribution in [0.25, 0.3) is 0 Å². The van der Waals surface area contributed by atoms with Gasteiger partial charge in [-0.15, -0.1) is 0 Å². The molecule has 1 aliphatic heterocycles. The van der Waals surface area contributed by atoms with Gasteiger partial charge in [0, 0.05) is 31.2 Å². The van der Waals surface area contributed by atoms with E-state index in [4.69, 9.17) is 5.73 Å². The summed E-state index contributed by atoms with van der Waals surface area (Å²) in [6.07, 6.45) is 1.65. The van der Waals surface area contributed by atoms with Crippen molar-refractivity contribution in [3.63, 3.8) is 0 Å². The van der Waals surface area contributed by atoms with Crippen molar-refractivity contribution in [2.24, 2.45) is 5.73 Å². The van der Waals surface area contributed by atoms with E-state index in [0.717, 1.165) is 37.2 Å². The van der Waals surface area contributed by atoms with Crippen LogP contribution in [-0.4, -0.2) is 43.2 Å². The Balaban J connectivity index is 2.14. The van der Waals surface area contributed by atoms with Gasteiger partial charge in [0.05, 0.1) is 5.69 Å². The molecule has 3 nitrogen and oxygen atoms in total. The van der Waals surface area contributed by atoms with Crippen LogP contribution in [0.5, 0.6) is 0 Å². The van der Waals surface area contributed by atoms with Crippen molar-refractivity contribution < 1.29 is 4.39 Å². The summed E-state index contributed by atoms with van der Waals surface area (Å²) in [6.45, 7) is 8.17. The minimum Gasteiger partial charge on any atom is -0.366 e. The summed E-state index contributed by atoms with van der Waals surface area (Å²) in [5, 5.41) is 0. The Bertz CT molecular complexity index is 465. The van der Waals surface area contributed by atoms with E-state index in [2.05, 4.69) is 37.6 Å². The smallest absolute Gasteiger partial charge is 0.146 e. The molecular weight excluding hydrogens is 265 g/mol. The Morgan fingerprint density at radius 2 is 1.90 bits per heavy atom. The topological polar surface area (TPSA) is 32.5 Å². The van der Waals surface area contributed by atoms with Crippen LogP contribution in [0.1, 0.15) is 32.8 Å². The first kappa shape index (κ1) is 16.2. The Morgan fingerprint density at radius 1 is 1.29 bits per heavy atom. The Morgan fingerprint density at radius 3 is 2.43 bits per heavy atom. The molecule has 1 saturated heterocycles. The maximum atomic E-state index is 14.4. The second-order valence-electron chi connectivity index (χ2n) is 6.43. The first-order valence-electron chi connectivity index (χ1n) is 7.93. The van der Waals surface area contributed by atoms with Crippen molar-refractivity contribution in [2.75, 3.05) is 25.0 Å². The fraction of sp³-hybridized carbons (Fsp3) is 0.647. The van der Waals surface area contributed by atoms with E-state index in [9.17, 15) is 4.39 Å². The lowest BCUT2D eigenvalue weighted by atomic mass is 10.0. The number of nitrogens with zero attached hydrogens (tertiary/aromatic N) is 2. The van der Waals surface area contributed by atoms with Gasteiger partial charge in [0.15, 0.2) is 0 Å². The van der Waals surface area contributed by atoms with Crippen LogP contribution in [0.3, 0.4) is 0 Å². The van der Waals surface area contributed by atoms with E-state index in [1.54, 1.807) is 6.07 Å². The molecule has 1 fully saturated rings. The number of anilines is 1.